The van der Waals surface area contributed by atoms with Crippen molar-refractivity contribution in [2.75, 3.05) is 6.54 Å². The summed E-state index contributed by atoms with van der Waals surface area (Å²) < 4.78 is 1.30. The van der Waals surface area contributed by atoms with E-state index in [0.717, 1.165) is 6.54 Å². The van der Waals surface area contributed by atoms with Gasteiger partial charge in [-0.2, -0.15) is 0 Å². The molecule has 0 bridgehead atoms. The van der Waals surface area contributed by atoms with Gasteiger partial charge in [-0.1, -0.05) is 29.8 Å². The maximum Gasteiger partial charge on any atom is 0.0241 e. The van der Waals surface area contributed by atoms with E-state index in [4.69, 9.17) is 0 Å². The Morgan fingerprint density at radius 3 is 2.78 bits per heavy atom. The molecule has 0 amide bonds. The van der Waals surface area contributed by atoms with Crippen LogP contribution in [-0.4, -0.2) is 6.54 Å². The lowest BCUT2D eigenvalue weighted by atomic mass is 9.90. The van der Waals surface area contributed by atoms with Crippen LogP contribution in [0.2, 0.25) is 0 Å². The third kappa shape index (κ3) is 1.13. The number of hydrogen-bond acceptors (Lipinski definition) is 1. The standard InChI is InChI=1S/C7H12BrN/c1-3-7(2)5-9-4-6(7)8/h4,9H,3,5H2,1-2H3. The van der Waals surface area contributed by atoms with Crippen LogP contribution >= 0.6 is 15.9 Å². The topological polar surface area (TPSA) is 12.0 Å². The van der Waals surface area contributed by atoms with Crippen LogP contribution in [0.5, 0.6) is 0 Å². The van der Waals surface area contributed by atoms with Crippen LogP contribution in [0.3, 0.4) is 0 Å². The zero-order valence-electron chi connectivity index (χ0n) is 5.87. The average Bonchev–Trinajstić information content (AvgIpc) is 2.15. The molecule has 0 aliphatic carbocycles. The Morgan fingerprint density at radius 2 is 2.56 bits per heavy atom. The summed E-state index contributed by atoms with van der Waals surface area (Å²) in [5, 5.41) is 3.20. The second-order valence-corrected chi connectivity index (χ2v) is 3.64. The summed E-state index contributed by atoms with van der Waals surface area (Å²) in [6.07, 6.45) is 3.24. The second kappa shape index (κ2) is 2.33. The first-order valence-electron chi connectivity index (χ1n) is 3.28. The molecule has 52 valence electrons. The monoisotopic (exact) mass is 189 g/mol. The zero-order chi connectivity index (χ0) is 6.91. The Balaban J connectivity index is 2.70. The molecule has 1 nitrogen and oxygen atoms in total. The molecule has 9 heavy (non-hydrogen) atoms. The quantitative estimate of drug-likeness (QED) is 0.668. The smallest absolute Gasteiger partial charge is 0.0241 e. The van der Waals surface area contributed by atoms with Crippen LogP contribution in [0, 0.1) is 5.41 Å². The Kier molecular flexibility index (Phi) is 1.85. The van der Waals surface area contributed by atoms with E-state index in [2.05, 4.69) is 35.1 Å². The lowest BCUT2D eigenvalue weighted by molar-refractivity contribution is 0.422. The lowest BCUT2D eigenvalue weighted by Gasteiger charge is -2.20. The highest BCUT2D eigenvalue weighted by molar-refractivity contribution is 9.11. The van der Waals surface area contributed by atoms with Gasteiger partial charge in [0.2, 0.25) is 0 Å². The van der Waals surface area contributed by atoms with Gasteiger partial charge in [-0.3, -0.25) is 0 Å². The van der Waals surface area contributed by atoms with Gasteiger partial charge in [-0.15, -0.1) is 0 Å². The van der Waals surface area contributed by atoms with E-state index < -0.39 is 0 Å². The van der Waals surface area contributed by atoms with Crippen LogP contribution in [0.1, 0.15) is 20.3 Å². The number of hydrogen-bond donors (Lipinski definition) is 1. The van der Waals surface area contributed by atoms with E-state index in [-0.39, 0.29) is 0 Å². The Hall–Kier alpha value is 0.0200. The van der Waals surface area contributed by atoms with Gasteiger partial charge in [0.15, 0.2) is 0 Å². The highest BCUT2D eigenvalue weighted by Crippen LogP contribution is 2.36. The lowest BCUT2D eigenvalue weighted by Crippen LogP contribution is -2.21. The Morgan fingerprint density at radius 1 is 1.89 bits per heavy atom. The molecule has 0 aromatic heterocycles. The number of rotatable bonds is 1. The minimum absolute atomic E-state index is 0.361. The molecule has 1 atom stereocenters. The molecule has 1 heterocycles. The van der Waals surface area contributed by atoms with Crippen molar-refractivity contribution in [3.8, 4) is 0 Å². The van der Waals surface area contributed by atoms with E-state index in [0.29, 0.717) is 5.41 Å². The van der Waals surface area contributed by atoms with Crippen molar-refractivity contribution in [1.82, 2.24) is 5.32 Å². The van der Waals surface area contributed by atoms with Gasteiger partial charge in [0, 0.05) is 22.6 Å². The van der Waals surface area contributed by atoms with Crippen molar-refractivity contribution >= 4 is 15.9 Å². The molecule has 0 aromatic rings. The summed E-state index contributed by atoms with van der Waals surface area (Å²) in [6, 6.07) is 0. The van der Waals surface area contributed by atoms with Crippen molar-refractivity contribution in [2.45, 2.75) is 20.3 Å². The average molecular weight is 190 g/mol. The summed E-state index contributed by atoms with van der Waals surface area (Å²) in [5.41, 5.74) is 0.361. The number of nitrogens with one attached hydrogen (secondary N) is 1. The van der Waals surface area contributed by atoms with E-state index >= 15 is 0 Å². The molecular weight excluding hydrogens is 178 g/mol. The molecule has 1 aliphatic heterocycles. The van der Waals surface area contributed by atoms with Crippen LogP contribution in [0.4, 0.5) is 0 Å². The minimum atomic E-state index is 0.361. The van der Waals surface area contributed by atoms with Gasteiger partial charge in [-0.05, 0) is 6.42 Å². The van der Waals surface area contributed by atoms with E-state index in [1.165, 1.54) is 10.9 Å². The van der Waals surface area contributed by atoms with Crippen molar-refractivity contribution in [2.24, 2.45) is 5.41 Å². The summed E-state index contributed by atoms with van der Waals surface area (Å²) in [6.45, 7) is 5.54. The van der Waals surface area contributed by atoms with Crippen LogP contribution in [0.15, 0.2) is 10.7 Å². The summed E-state index contributed by atoms with van der Waals surface area (Å²) in [4.78, 5) is 0. The van der Waals surface area contributed by atoms with Crippen LogP contribution < -0.4 is 5.32 Å². The molecule has 0 radical (unpaired) electrons. The molecule has 1 aliphatic rings. The van der Waals surface area contributed by atoms with Crippen molar-refractivity contribution in [3.05, 3.63) is 10.7 Å². The fourth-order valence-corrected chi connectivity index (χ4v) is 1.50. The highest BCUT2D eigenvalue weighted by Gasteiger charge is 2.28. The normalized spacial score (nSPS) is 33.9. The molecule has 0 fully saturated rings. The predicted octanol–water partition coefficient (Wildman–Crippen LogP) is 2.24. The van der Waals surface area contributed by atoms with E-state index in [1.807, 2.05) is 6.20 Å². The summed E-state index contributed by atoms with van der Waals surface area (Å²) in [5.74, 6) is 0. The molecule has 0 aromatic carbocycles. The van der Waals surface area contributed by atoms with Gasteiger partial charge in [-0.25, -0.2) is 0 Å². The predicted molar refractivity (Wildman–Crippen MR) is 43.4 cm³/mol. The maximum atomic E-state index is 3.52. The van der Waals surface area contributed by atoms with Gasteiger partial charge in [0.05, 0.1) is 0 Å². The van der Waals surface area contributed by atoms with Crippen molar-refractivity contribution in [1.29, 1.82) is 0 Å². The number of halogens is 1. The Bertz CT molecular complexity index is 142. The first-order chi connectivity index (χ1) is 4.19. The molecular formula is C7H12BrN. The third-order valence-electron chi connectivity index (χ3n) is 2.08. The van der Waals surface area contributed by atoms with Crippen molar-refractivity contribution in [3.63, 3.8) is 0 Å². The zero-order valence-corrected chi connectivity index (χ0v) is 7.46. The summed E-state index contributed by atoms with van der Waals surface area (Å²) >= 11 is 3.52. The molecule has 2 heteroatoms. The van der Waals surface area contributed by atoms with Gasteiger partial charge >= 0.3 is 0 Å². The minimum Gasteiger partial charge on any atom is -0.389 e. The van der Waals surface area contributed by atoms with Gasteiger partial charge in [0.25, 0.3) is 0 Å². The molecule has 0 spiro atoms. The Labute approximate surface area is 64.7 Å². The van der Waals surface area contributed by atoms with Crippen LogP contribution in [0.25, 0.3) is 0 Å². The van der Waals surface area contributed by atoms with Gasteiger partial charge < -0.3 is 5.32 Å². The van der Waals surface area contributed by atoms with E-state index in [9.17, 15) is 0 Å². The summed E-state index contributed by atoms with van der Waals surface area (Å²) in [7, 11) is 0. The molecule has 1 rings (SSSR count). The van der Waals surface area contributed by atoms with Gasteiger partial charge in [0.1, 0.15) is 0 Å². The maximum absolute atomic E-state index is 3.52. The van der Waals surface area contributed by atoms with Crippen LogP contribution in [-0.2, 0) is 0 Å². The fourth-order valence-electron chi connectivity index (χ4n) is 0.918. The fraction of sp³-hybridized carbons (Fsp3) is 0.714. The largest absolute Gasteiger partial charge is 0.389 e. The SMILES string of the molecule is CCC1(C)CNC=C1Br. The first kappa shape index (κ1) is 7.13. The third-order valence-corrected chi connectivity index (χ3v) is 3.26. The highest BCUT2D eigenvalue weighted by atomic mass is 79.9. The first-order valence-corrected chi connectivity index (χ1v) is 4.08. The molecule has 1 unspecified atom stereocenters. The molecule has 0 saturated carbocycles. The van der Waals surface area contributed by atoms with E-state index in [1.54, 1.807) is 0 Å². The van der Waals surface area contributed by atoms with Crippen molar-refractivity contribution < 1.29 is 0 Å². The molecule has 1 N–H and O–H groups in total. The molecule has 0 saturated heterocycles. The second-order valence-electron chi connectivity index (χ2n) is 2.79.